The average molecular weight is 250 g/mol. The van der Waals surface area contributed by atoms with Crippen molar-refractivity contribution in [1.82, 2.24) is 0 Å². The number of carboxylic acid groups (broad SMARTS) is 1. The number of rotatable bonds is 3. The molecule has 17 heavy (non-hydrogen) atoms. The summed E-state index contributed by atoms with van der Waals surface area (Å²) in [6, 6.07) is 2.51. The number of benzene rings is 1. The first-order valence-corrected chi connectivity index (χ1v) is 4.52. The molecule has 0 aliphatic carbocycles. The lowest BCUT2D eigenvalue weighted by Crippen LogP contribution is -2.23. The number of hydrogen-bond donors (Lipinski definition) is 3. The van der Waals surface area contributed by atoms with Crippen molar-refractivity contribution in [2.45, 2.75) is 18.5 Å². The SMILES string of the molecule is O=C(O)CC(c1ccc(O)c(O)c1)C(F)(F)F. The van der Waals surface area contributed by atoms with Crippen molar-refractivity contribution in [1.29, 1.82) is 0 Å². The average Bonchev–Trinajstić information content (AvgIpc) is 2.17. The van der Waals surface area contributed by atoms with Crippen molar-refractivity contribution in [2.75, 3.05) is 0 Å². The molecule has 1 rings (SSSR count). The number of carboxylic acids is 1. The zero-order valence-corrected chi connectivity index (χ0v) is 8.40. The van der Waals surface area contributed by atoms with Crippen molar-refractivity contribution in [3.63, 3.8) is 0 Å². The Balaban J connectivity index is 3.13. The van der Waals surface area contributed by atoms with E-state index in [4.69, 9.17) is 15.3 Å². The van der Waals surface area contributed by atoms with Gasteiger partial charge in [-0.2, -0.15) is 13.2 Å². The zero-order valence-electron chi connectivity index (χ0n) is 8.40. The van der Waals surface area contributed by atoms with E-state index in [-0.39, 0.29) is 0 Å². The van der Waals surface area contributed by atoms with E-state index < -0.39 is 41.5 Å². The molecule has 1 aromatic rings. The van der Waals surface area contributed by atoms with Gasteiger partial charge in [-0.1, -0.05) is 6.07 Å². The van der Waals surface area contributed by atoms with E-state index in [0.29, 0.717) is 6.07 Å². The number of phenols is 2. The van der Waals surface area contributed by atoms with Crippen LogP contribution < -0.4 is 0 Å². The minimum atomic E-state index is -4.73. The van der Waals surface area contributed by atoms with Crippen LogP contribution in [0.1, 0.15) is 17.9 Å². The molecule has 0 aromatic heterocycles. The summed E-state index contributed by atoms with van der Waals surface area (Å²) in [7, 11) is 0. The third kappa shape index (κ3) is 3.27. The highest BCUT2D eigenvalue weighted by Gasteiger charge is 2.42. The molecule has 1 aromatic carbocycles. The van der Waals surface area contributed by atoms with Gasteiger partial charge in [0.1, 0.15) is 0 Å². The molecular weight excluding hydrogens is 241 g/mol. The van der Waals surface area contributed by atoms with Crippen LogP contribution in [0.5, 0.6) is 11.5 Å². The molecule has 7 heteroatoms. The lowest BCUT2D eigenvalue weighted by molar-refractivity contribution is -0.163. The first-order chi connectivity index (χ1) is 7.71. The second kappa shape index (κ2) is 4.52. The van der Waals surface area contributed by atoms with Crippen molar-refractivity contribution in [2.24, 2.45) is 0 Å². The Morgan fingerprint density at radius 2 is 1.82 bits per heavy atom. The van der Waals surface area contributed by atoms with Crippen LogP contribution >= 0.6 is 0 Å². The molecule has 0 aliphatic rings. The van der Waals surface area contributed by atoms with E-state index >= 15 is 0 Å². The minimum absolute atomic E-state index is 0.407. The van der Waals surface area contributed by atoms with E-state index in [1.54, 1.807) is 0 Å². The maximum absolute atomic E-state index is 12.6. The predicted octanol–water partition coefficient (Wildman–Crippen LogP) is 2.22. The first-order valence-electron chi connectivity index (χ1n) is 4.52. The summed E-state index contributed by atoms with van der Waals surface area (Å²) in [6.45, 7) is 0. The molecule has 0 aliphatic heterocycles. The third-order valence-corrected chi connectivity index (χ3v) is 2.18. The largest absolute Gasteiger partial charge is 0.504 e. The zero-order chi connectivity index (χ0) is 13.2. The molecule has 0 saturated heterocycles. The van der Waals surface area contributed by atoms with Crippen molar-refractivity contribution in [3.8, 4) is 11.5 Å². The Labute approximate surface area is 93.9 Å². The van der Waals surface area contributed by atoms with Gasteiger partial charge in [-0.3, -0.25) is 4.79 Å². The Morgan fingerprint density at radius 3 is 2.24 bits per heavy atom. The van der Waals surface area contributed by atoms with Gasteiger partial charge in [-0.05, 0) is 17.7 Å². The summed E-state index contributed by atoms with van der Waals surface area (Å²) in [5.74, 6) is -5.10. The molecule has 1 atom stereocenters. The Bertz CT molecular complexity index is 428. The van der Waals surface area contributed by atoms with Crippen LogP contribution in [0.15, 0.2) is 18.2 Å². The van der Waals surface area contributed by atoms with Gasteiger partial charge >= 0.3 is 12.1 Å². The van der Waals surface area contributed by atoms with Crippen LogP contribution in [0.4, 0.5) is 13.2 Å². The van der Waals surface area contributed by atoms with E-state index in [1.807, 2.05) is 0 Å². The summed E-state index contributed by atoms with van der Waals surface area (Å²) >= 11 is 0. The molecule has 0 saturated carbocycles. The fourth-order valence-corrected chi connectivity index (χ4v) is 1.35. The highest BCUT2D eigenvalue weighted by Crippen LogP contribution is 2.39. The smallest absolute Gasteiger partial charge is 0.396 e. The lowest BCUT2D eigenvalue weighted by Gasteiger charge is -2.19. The van der Waals surface area contributed by atoms with Crippen LogP contribution in [0, 0.1) is 0 Å². The van der Waals surface area contributed by atoms with Gasteiger partial charge in [0.05, 0.1) is 12.3 Å². The van der Waals surface area contributed by atoms with Crippen LogP contribution in [0.2, 0.25) is 0 Å². The molecule has 0 bridgehead atoms. The Hall–Kier alpha value is -1.92. The standard InChI is InChI=1S/C10H9F3O4/c11-10(12,13)6(4-9(16)17)5-1-2-7(14)8(15)3-5/h1-3,6,14-15H,4H2,(H,16,17). The van der Waals surface area contributed by atoms with Crippen molar-refractivity contribution >= 4 is 5.97 Å². The molecule has 0 amide bonds. The molecule has 3 N–H and O–H groups in total. The summed E-state index contributed by atoms with van der Waals surface area (Å²) in [5, 5.41) is 26.5. The molecular formula is C10H9F3O4. The van der Waals surface area contributed by atoms with E-state index in [9.17, 15) is 18.0 Å². The number of aromatic hydroxyl groups is 2. The van der Waals surface area contributed by atoms with Gasteiger partial charge in [0.2, 0.25) is 0 Å². The topological polar surface area (TPSA) is 77.8 Å². The summed E-state index contributed by atoms with van der Waals surface area (Å²) < 4.78 is 37.8. The van der Waals surface area contributed by atoms with Gasteiger partial charge in [-0.15, -0.1) is 0 Å². The summed E-state index contributed by atoms with van der Waals surface area (Å²) in [5.41, 5.74) is -0.407. The number of carbonyl (C=O) groups is 1. The highest BCUT2D eigenvalue weighted by molar-refractivity contribution is 5.68. The molecule has 1 unspecified atom stereocenters. The van der Waals surface area contributed by atoms with Crippen LogP contribution in [-0.2, 0) is 4.79 Å². The maximum atomic E-state index is 12.6. The maximum Gasteiger partial charge on any atom is 0.396 e. The van der Waals surface area contributed by atoms with Gasteiger partial charge < -0.3 is 15.3 Å². The normalized spacial score (nSPS) is 13.4. The first kappa shape index (κ1) is 13.1. The number of phenolic OH excluding ortho intramolecular Hbond substituents is 2. The number of alkyl halides is 3. The monoisotopic (exact) mass is 250 g/mol. The Morgan fingerprint density at radius 1 is 1.24 bits per heavy atom. The van der Waals surface area contributed by atoms with Crippen molar-refractivity contribution in [3.05, 3.63) is 23.8 Å². The molecule has 0 spiro atoms. The van der Waals surface area contributed by atoms with Gasteiger partial charge in [0, 0.05) is 0 Å². The van der Waals surface area contributed by atoms with Crippen LogP contribution in [-0.4, -0.2) is 27.5 Å². The third-order valence-electron chi connectivity index (χ3n) is 2.18. The lowest BCUT2D eigenvalue weighted by atomic mass is 9.95. The van der Waals surface area contributed by atoms with Crippen LogP contribution in [0.25, 0.3) is 0 Å². The number of halogens is 3. The molecule has 0 fully saturated rings. The summed E-state index contributed by atoms with van der Waals surface area (Å²) in [4.78, 5) is 10.4. The molecule has 0 radical (unpaired) electrons. The highest BCUT2D eigenvalue weighted by atomic mass is 19.4. The second-order valence-corrected chi connectivity index (χ2v) is 3.44. The molecule has 94 valence electrons. The fraction of sp³-hybridized carbons (Fsp3) is 0.300. The Kier molecular flexibility index (Phi) is 3.50. The van der Waals surface area contributed by atoms with Gasteiger partial charge in [0.15, 0.2) is 11.5 Å². The van der Waals surface area contributed by atoms with Gasteiger partial charge in [0.25, 0.3) is 0 Å². The van der Waals surface area contributed by atoms with Crippen molar-refractivity contribution < 1.29 is 33.3 Å². The fourth-order valence-electron chi connectivity index (χ4n) is 1.35. The van der Waals surface area contributed by atoms with E-state index in [2.05, 4.69) is 0 Å². The van der Waals surface area contributed by atoms with Gasteiger partial charge in [-0.25, -0.2) is 0 Å². The minimum Gasteiger partial charge on any atom is -0.504 e. The van der Waals surface area contributed by atoms with E-state index in [1.165, 1.54) is 0 Å². The van der Waals surface area contributed by atoms with Crippen LogP contribution in [0.3, 0.4) is 0 Å². The van der Waals surface area contributed by atoms with E-state index in [0.717, 1.165) is 12.1 Å². The second-order valence-electron chi connectivity index (χ2n) is 3.44. The number of aliphatic carboxylic acids is 1. The number of hydrogen-bond acceptors (Lipinski definition) is 3. The molecule has 4 nitrogen and oxygen atoms in total. The summed E-state index contributed by atoms with van der Waals surface area (Å²) in [6.07, 6.45) is -5.87. The quantitative estimate of drug-likeness (QED) is 0.719. The molecule has 0 heterocycles. The predicted molar refractivity (Wildman–Crippen MR) is 50.8 cm³/mol.